The summed E-state index contributed by atoms with van der Waals surface area (Å²) in [6, 6.07) is 14.5. The molecule has 0 aliphatic rings. The first-order valence-electron chi connectivity index (χ1n) is 9.50. The van der Waals surface area contributed by atoms with E-state index in [2.05, 4.69) is 36.4 Å². The van der Waals surface area contributed by atoms with Gasteiger partial charge in [0, 0.05) is 13.6 Å². The van der Waals surface area contributed by atoms with Gasteiger partial charge in [-0.05, 0) is 48.2 Å². The van der Waals surface area contributed by atoms with Crippen LogP contribution in [0, 0.1) is 5.92 Å². The molecule has 0 saturated heterocycles. The fourth-order valence-electron chi connectivity index (χ4n) is 2.58. The lowest BCUT2D eigenvalue weighted by molar-refractivity contribution is 0.271. The van der Waals surface area contributed by atoms with Crippen LogP contribution in [0.15, 0.2) is 58.4 Å². The van der Waals surface area contributed by atoms with Crippen LogP contribution >= 0.6 is 24.0 Å². The van der Waals surface area contributed by atoms with Gasteiger partial charge >= 0.3 is 0 Å². The van der Waals surface area contributed by atoms with Gasteiger partial charge in [-0.1, -0.05) is 38.1 Å². The van der Waals surface area contributed by atoms with Gasteiger partial charge in [-0.15, -0.1) is 24.0 Å². The largest absolute Gasteiger partial charge is 0.493 e. The van der Waals surface area contributed by atoms with E-state index in [-0.39, 0.29) is 34.9 Å². The summed E-state index contributed by atoms with van der Waals surface area (Å²) in [5.41, 5.74) is 2.03. The van der Waals surface area contributed by atoms with Gasteiger partial charge in [0.15, 0.2) is 5.96 Å². The number of primary sulfonamides is 1. The number of benzene rings is 2. The summed E-state index contributed by atoms with van der Waals surface area (Å²) < 4.78 is 28.4. The van der Waals surface area contributed by atoms with Gasteiger partial charge in [0.05, 0.1) is 17.5 Å². The van der Waals surface area contributed by atoms with Gasteiger partial charge < -0.3 is 15.4 Å². The van der Waals surface area contributed by atoms with Crippen molar-refractivity contribution in [3.8, 4) is 5.75 Å². The average Bonchev–Trinajstić information content (AvgIpc) is 2.69. The van der Waals surface area contributed by atoms with Crippen molar-refractivity contribution in [1.82, 2.24) is 10.6 Å². The van der Waals surface area contributed by atoms with Crippen LogP contribution in [-0.4, -0.2) is 28.0 Å². The SMILES string of the molecule is CN=C(NCc1ccc(S(N)(=O)=O)cc1)NC(C)c1ccc(OCC(C)C)cc1.I. The number of nitrogens with two attached hydrogens (primary N) is 1. The number of sulfonamides is 1. The number of halogens is 1. The maximum absolute atomic E-state index is 11.3. The Morgan fingerprint density at radius 2 is 1.67 bits per heavy atom. The van der Waals surface area contributed by atoms with E-state index in [1.54, 1.807) is 19.2 Å². The number of guanidine groups is 1. The highest BCUT2D eigenvalue weighted by atomic mass is 127. The average molecular weight is 546 g/mol. The highest BCUT2D eigenvalue weighted by Crippen LogP contribution is 2.18. The van der Waals surface area contributed by atoms with E-state index in [0.29, 0.717) is 25.0 Å². The highest BCUT2D eigenvalue weighted by Gasteiger charge is 2.10. The smallest absolute Gasteiger partial charge is 0.238 e. The van der Waals surface area contributed by atoms with Crippen LogP contribution in [-0.2, 0) is 16.6 Å². The molecular weight excluding hydrogens is 515 g/mol. The molecule has 0 bridgehead atoms. The molecule has 0 amide bonds. The molecule has 0 fully saturated rings. The second-order valence-corrected chi connectivity index (χ2v) is 8.82. The number of rotatable bonds is 8. The summed E-state index contributed by atoms with van der Waals surface area (Å²) in [5.74, 6) is 1.99. The van der Waals surface area contributed by atoms with Crippen molar-refractivity contribution in [2.45, 2.75) is 38.3 Å². The first-order chi connectivity index (χ1) is 13.7. The summed E-state index contributed by atoms with van der Waals surface area (Å²) >= 11 is 0. The van der Waals surface area contributed by atoms with Crippen molar-refractivity contribution in [3.63, 3.8) is 0 Å². The summed E-state index contributed by atoms with van der Waals surface area (Å²) in [6.07, 6.45) is 0. The molecule has 7 nitrogen and oxygen atoms in total. The quantitative estimate of drug-likeness (QED) is 0.268. The van der Waals surface area contributed by atoms with Gasteiger partial charge in [-0.3, -0.25) is 4.99 Å². The van der Waals surface area contributed by atoms with Crippen molar-refractivity contribution in [2.24, 2.45) is 16.0 Å². The number of nitrogens with zero attached hydrogens (tertiary/aromatic N) is 1. The fourth-order valence-corrected chi connectivity index (χ4v) is 3.10. The van der Waals surface area contributed by atoms with Crippen LogP contribution in [0.4, 0.5) is 0 Å². The van der Waals surface area contributed by atoms with Crippen molar-refractivity contribution in [2.75, 3.05) is 13.7 Å². The van der Waals surface area contributed by atoms with Crippen LogP contribution in [0.5, 0.6) is 5.75 Å². The maximum Gasteiger partial charge on any atom is 0.238 e. The van der Waals surface area contributed by atoms with Gasteiger partial charge in [0.2, 0.25) is 10.0 Å². The Balaban J connectivity index is 0.00000450. The molecule has 2 aromatic rings. The van der Waals surface area contributed by atoms with E-state index < -0.39 is 10.0 Å². The Hall–Kier alpha value is -1.85. The molecule has 2 rings (SSSR count). The van der Waals surface area contributed by atoms with E-state index in [1.807, 2.05) is 24.3 Å². The normalized spacial score (nSPS) is 12.8. The number of nitrogens with one attached hydrogen (secondary N) is 2. The van der Waals surface area contributed by atoms with Gasteiger partial charge in [-0.2, -0.15) is 0 Å². The van der Waals surface area contributed by atoms with E-state index in [4.69, 9.17) is 9.88 Å². The minimum atomic E-state index is -3.68. The Morgan fingerprint density at radius 3 is 2.17 bits per heavy atom. The molecule has 9 heteroatoms. The molecule has 2 aromatic carbocycles. The summed E-state index contributed by atoms with van der Waals surface area (Å²) in [4.78, 5) is 4.34. The number of ether oxygens (including phenoxy) is 1. The standard InChI is InChI=1S/C21H30N4O3S.HI/c1-15(2)14-28-19-9-7-18(8-10-19)16(3)25-21(23-4)24-13-17-5-11-20(12-6-17)29(22,26)27;/h5-12,15-16H,13-14H2,1-4H3,(H2,22,26,27)(H2,23,24,25);1H. The Morgan fingerprint density at radius 1 is 1.07 bits per heavy atom. The molecule has 0 aliphatic carbocycles. The second-order valence-electron chi connectivity index (χ2n) is 7.25. The predicted octanol–water partition coefficient (Wildman–Crippen LogP) is 3.41. The third-order valence-electron chi connectivity index (χ3n) is 4.25. The first-order valence-corrected chi connectivity index (χ1v) is 11.1. The van der Waals surface area contributed by atoms with Crippen molar-refractivity contribution in [3.05, 3.63) is 59.7 Å². The van der Waals surface area contributed by atoms with Gasteiger partial charge in [0.25, 0.3) is 0 Å². The Kier molecular flexibility index (Phi) is 10.6. The van der Waals surface area contributed by atoms with Crippen molar-refractivity contribution in [1.29, 1.82) is 0 Å². The molecule has 0 radical (unpaired) electrons. The summed E-state index contributed by atoms with van der Waals surface area (Å²) in [6.45, 7) is 7.49. The maximum atomic E-state index is 11.3. The lowest BCUT2D eigenvalue weighted by atomic mass is 10.1. The third kappa shape index (κ3) is 8.49. The fraction of sp³-hybridized carbons (Fsp3) is 0.381. The minimum absolute atomic E-state index is 0. The van der Waals surface area contributed by atoms with Crippen molar-refractivity contribution >= 4 is 40.0 Å². The van der Waals surface area contributed by atoms with Gasteiger partial charge in [-0.25, -0.2) is 13.6 Å². The number of hydrogen-bond acceptors (Lipinski definition) is 4. The molecule has 4 N–H and O–H groups in total. The lowest BCUT2D eigenvalue weighted by Crippen LogP contribution is -2.38. The highest BCUT2D eigenvalue weighted by molar-refractivity contribution is 14.0. The zero-order valence-electron chi connectivity index (χ0n) is 17.8. The van der Waals surface area contributed by atoms with Crippen LogP contribution < -0.4 is 20.5 Å². The molecule has 0 saturated carbocycles. The Bertz CT molecular complexity index is 914. The monoisotopic (exact) mass is 546 g/mol. The molecule has 0 spiro atoms. The number of hydrogen-bond donors (Lipinski definition) is 3. The first kappa shape index (κ1) is 26.2. The predicted molar refractivity (Wildman–Crippen MR) is 132 cm³/mol. The van der Waals surface area contributed by atoms with Crippen LogP contribution in [0.25, 0.3) is 0 Å². The third-order valence-corrected chi connectivity index (χ3v) is 5.18. The topological polar surface area (TPSA) is 106 Å². The molecule has 0 aliphatic heterocycles. The zero-order valence-corrected chi connectivity index (χ0v) is 20.9. The lowest BCUT2D eigenvalue weighted by Gasteiger charge is -2.19. The Labute approximate surface area is 196 Å². The minimum Gasteiger partial charge on any atom is -0.493 e. The summed E-state index contributed by atoms with van der Waals surface area (Å²) in [7, 11) is -1.98. The van der Waals surface area contributed by atoms with E-state index in [9.17, 15) is 8.42 Å². The van der Waals surface area contributed by atoms with Crippen LogP contribution in [0.2, 0.25) is 0 Å². The van der Waals surface area contributed by atoms with Gasteiger partial charge in [0.1, 0.15) is 5.75 Å². The summed E-state index contributed by atoms with van der Waals surface area (Å²) in [5, 5.41) is 11.7. The molecule has 30 heavy (non-hydrogen) atoms. The van der Waals surface area contributed by atoms with E-state index in [0.717, 1.165) is 16.9 Å². The molecule has 1 atom stereocenters. The number of aliphatic imine (C=N–C) groups is 1. The van der Waals surface area contributed by atoms with E-state index in [1.165, 1.54) is 12.1 Å². The molecule has 166 valence electrons. The van der Waals surface area contributed by atoms with Crippen molar-refractivity contribution < 1.29 is 13.2 Å². The molecule has 0 aromatic heterocycles. The van der Waals surface area contributed by atoms with Crippen LogP contribution in [0.3, 0.4) is 0 Å². The molecular formula is C21H31IN4O3S. The van der Waals surface area contributed by atoms with Crippen LogP contribution in [0.1, 0.15) is 37.9 Å². The second kappa shape index (κ2) is 12.1. The zero-order chi connectivity index (χ0) is 21.4. The molecule has 1 unspecified atom stereocenters. The van der Waals surface area contributed by atoms with E-state index >= 15 is 0 Å². The molecule has 0 heterocycles.